The smallest absolute Gasteiger partial charge is 0.329 e. The fourth-order valence-electron chi connectivity index (χ4n) is 3.25. The fourth-order valence-corrected chi connectivity index (χ4v) is 3.25. The highest BCUT2D eigenvalue weighted by molar-refractivity contribution is 5.98. The number of rotatable bonds is 4. The van der Waals surface area contributed by atoms with Crippen molar-refractivity contribution in [2.45, 2.75) is 37.6 Å². The molecule has 3 rings (SSSR count). The number of fused-ring (bicyclic) bond motifs is 1. The molecule has 1 aliphatic rings. The van der Waals surface area contributed by atoms with Crippen LogP contribution in [0.1, 0.15) is 37.7 Å². The molecule has 0 saturated heterocycles. The summed E-state index contributed by atoms with van der Waals surface area (Å²) in [6.07, 6.45) is 8.41. The standard InChI is InChI=1S/C19H20N2O3/c22-16(21-19(18(23)24)11-2-1-3-12-19)10-9-15-7-4-6-14-8-5-13-20-17(14)15/h4-10,13H,1-3,11-12H2,(H,21,22)(H,23,24)/b10-9+. The molecule has 0 aliphatic heterocycles. The lowest BCUT2D eigenvalue weighted by molar-refractivity contribution is -0.148. The number of carboxylic acids is 1. The van der Waals surface area contributed by atoms with Gasteiger partial charge in [0.15, 0.2) is 0 Å². The molecule has 24 heavy (non-hydrogen) atoms. The summed E-state index contributed by atoms with van der Waals surface area (Å²) >= 11 is 0. The Morgan fingerprint density at radius 1 is 1.12 bits per heavy atom. The van der Waals surface area contributed by atoms with Crippen molar-refractivity contribution in [1.29, 1.82) is 0 Å². The normalized spacial score (nSPS) is 17.0. The van der Waals surface area contributed by atoms with Gasteiger partial charge in [-0.1, -0.05) is 43.5 Å². The van der Waals surface area contributed by atoms with Crippen LogP contribution in [0.15, 0.2) is 42.6 Å². The molecule has 1 aromatic heterocycles. The number of nitrogens with one attached hydrogen (secondary N) is 1. The monoisotopic (exact) mass is 324 g/mol. The number of hydrogen-bond donors (Lipinski definition) is 2. The van der Waals surface area contributed by atoms with E-state index in [0.29, 0.717) is 12.8 Å². The van der Waals surface area contributed by atoms with E-state index < -0.39 is 11.5 Å². The summed E-state index contributed by atoms with van der Waals surface area (Å²) in [6, 6.07) is 9.57. The zero-order valence-electron chi connectivity index (χ0n) is 13.4. The van der Waals surface area contributed by atoms with Crippen molar-refractivity contribution in [1.82, 2.24) is 10.3 Å². The molecule has 1 amide bonds. The van der Waals surface area contributed by atoms with Gasteiger partial charge >= 0.3 is 5.97 Å². The average molecular weight is 324 g/mol. The van der Waals surface area contributed by atoms with Gasteiger partial charge in [-0.25, -0.2) is 4.79 Å². The van der Waals surface area contributed by atoms with Crippen molar-refractivity contribution in [3.05, 3.63) is 48.2 Å². The molecule has 5 heteroatoms. The molecule has 2 aromatic rings. The first-order chi connectivity index (χ1) is 11.6. The quantitative estimate of drug-likeness (QED) is 0.847. The molecular formula is C19H20N2O3. The molecule has 0 bridgehead atoms. The number of benzene rings is 1. The molecule has 124 valence electrons. The molecule has 0 radical (unpaired) electrons. The van der Waals surface area contributed by atoms with Gasteiger partial charge in [0, 0.05) is 23.2 Å². The van der Waals surface area contributed by atoms with Crippen LogP contribution >= 0.6 is 0 Å². The van der Waals surface area contributed by atoms with Gasteiger partial charge in [0.1, 0.15) is 5.54 Å². The van der Waals surface area contributed by atoms with Gasteiger partial charge in [0.05, 0.1) is 5.52 Å². The predicted octanol–water partition coefficient (Wildman–Crippen LogP) is 3.15. The highest BCUT2D eigenvalue weighted by Gasteiger charge is 2.40. The molecular weight excluding hydrogens is 304 g/mol. The van der Waals surface area contributed by atoms with Crippen LogP contribution in [0, 0.1) is 0 Å². The number of aromatic nitrogens is 1. The fraction of sp³-hybridized carbons (Fsp3) is 0.316. The van der Waals surface area contributed by atoms with Crippen molar-refractivity contribution in [3.8, 4) is 0 Å². The Morgan fingerprint density at radius 3 is 2.62 bits per heavy atom. The van der Waals surface area contributed by atoms with Crippen LogP contribution in [0.5, 0.6) is 0 Å². The van der Waals surface area contributed by atoms with Crippen LogP contribution in [-0.4, -0.2) is 27.5 Å². The SMILES string of the molecule is O=C(/C=C/c1cccc2cccnc12)NC1(C(=O)O)CCCCC1. The van der Waals surface area contributed by atoms with Crippen molar-refractivity contribution in [2.75, 3.05) is 0 Å². The maximum Gasteiger partial charge on any atom is 0.329 e. The van der Waals surface area contributed by atoms with Crippen molar-refractivity contribution >= 4 is 28.9 Å². The Bertz CT molecular complexity index is 787. The van der Waals surface area contributed by atoms with E-state index >= 15 is 0 Å². The third kappa shape index (κ3) is 3.30. The van der Waals surface area contributed by atoms with Gasteiger partial charge in [-0.3, -0.25) is 9.78 Å². The lowest BCUT2D eigenvalue weighted by Crippen LogP contribution is -2.55. The lowest BCUT2D eigenvalue weighted by Gasteiger charge is -2.33. The Kier molecular flexibility index (Phi) is 4.60. The second-order valence-electron chi connectivity index (χ2n) is 6.19. The Labute approximate surface area is 140 Å². The maximum absolute atomic E-state index is 12.2. The Balaban J connectivity index is 1.78. The Hall–Kier alpha value is -2.69. The van der Waals surface area contributed by atoms with E-state index in [1.165, 1.54) is 6.08 Å². The number of hydrogen-bond acceptors (Lipinski definition) is 3. The molecule has 1 aliphatic carbocycles. The zero-order valence-corrected chi connectivity index (χ0v) is 13.4. The lowest BCUT2D eigenvalue weighted by atomic mass is 9.81. The van der Waals surface area contributed by atoms with Gasteiger partial charge in [0.25, 0.3) is 0 Å². The van der Waals surface area contributed by atoms with Crippen molar-refractivity contribution in [3.63, 3.8) is 0 Å². The topological polar surface area (TPSA) is 79.3 Å². The van der Waals surface area contributed by atoms with Gasteiger partial charge in [-0.05, 0) is 25.0 Å². The minimum absolute atomic E-state index is 0.382. The number of carbonyl (C=O) groups excluding carboxylic acids is 1. The minimum atomic E-state index is -1.13. The van der Waals surface area contributed by atoms with E-state index in [1.807, 2.05) is 30.3 Å². The van der Waals surface area contributed by atoms with Crippen molar-refractivity contribution in [2.24, 2.45) is 0 Å². The number of pyridine rings is 1. The number of aliphatic carboxylic acids is 1. The molecule has 0 atom stereocenters. The molecule has 1 aromatic carbocycles. The first-order valence-corrected chi connectivity index (χ1v) is 8.18. The van der Waals surface area contributed by atoms with E-state index in [2.05, 4.69) is 10.3 Å². The van der Waals surface area contributed by atoms with Crippen LogP contribution in [0.3, 0.4) is 0 Å². The molecule has 1 fully saturated rings. The summed E-state index contributed by atoms with van der Waals surface area (Å²) in [6.45, 7) is 0. The van der Waals surface area contributed by atoms with E-state index in [1.54, 1.807) is 12.3 Å². The average Bonchev–Trinajstić information content (AvgIpc) is 2.60. The second-order valence-corrected chi connectivity index (χ2v) is 6.19. The highest BCUT2D eigenvalue weighted by Crippen LogP contribution is 2.28. The largest absolute Gasteiger partial charge is 0.480 e. The minimum Gasteiger partial charge on any atom is -0.480 e. The molecule has 1 heterocycles. The van der Waals surface area contributed by atoms with Crippen LogP contribution in [0.4, 0.5) is 0 Å². The summed E-state index contributed by atoms with van der Waals surface area (Å²) in [5.74, 6) is -1.33. The number of carboxylic acid groups (broad SMARTS) is 1. The van der Waals surface area contributed by atoms with E-state index in [-0.39, 0.29) is 5.91 Å². The van der Waals surface area contributed by atoms with E-state index in [9.17, 15) is 14.7 Å². The molecule has 5 nitrogen and oxygen atoms in total. The van der Waals surface area contributed by atoms with Crippen LogP contribution < -0.4 is 5.32 Å². The van der Waals surface area contributed by atoms with Gasteiger partial charge in [-0.2, -0.15) is 0 Å². The summed E-state index contributed by atoms with van der Waals surface area (Å²) in [4.78, 5) is 28.2. The molecule has 1 saturated carbocycles. The van der Waals surface area contributed by atoms with Gasteiger partial charge < -0.3 is 10.4 Å². The summed E-state index contributed by atoms with van der Waals surface area (Å²) in [7, 11) is 0. The van der Waals surface area contributed by atoms with Gasteiger partial charge in [0.2, 0.25) is 5.91 Å². The number of amides is 1. The van der Waals surface area contributed by atoms with E-state index in [0.717, 1.165) is 35.7 Å². The summed E-state index contributed by atoms with van der Waals surface area (Å²) in [5, 5.41) is 13.2. The van der Waals surface area contributed by atoms with Crippen LogP contribution in [-0.2, 0) is 9.59 Å². The molecule has 0 unspecified atom stereocenters. The number of para-hydroxylation sites is 1. The third-order valence-electron chi connectivity index (χ3n) is 4.56. The Morgan fingerprint density at radius 2 is 1.88 bits per heavy atom. The van der Waals surface area contributed by atoms with Gasteiger partial charge in [-0.15, -0.1) is 0 Å². The molecule has 2 N–H and O–H groups in total. The van der Waals surface area contributed by atoms with E-state index in [4.69, 9.17) is 0 Å². The number of carbonyl (C=O) groups is 2. The molecule has 0 spiro atoms. The summed E-state index contributed by atoms with van der Waals surface area (Å²) in [5.41, 5.74) is 0.516. The second kappa shape index (κ2) is 6.83. The highest BCUT2D eigenvalue weighted by atomic mass is 16.4. The van der Waals surface area contributed by atoms with Crippen LogP contribution in [0.2, 0.25) is 0 Å². The number of nitrogens with zero attached hydrogens (tertiary/aromatic N) is 1. The zero-order chi connectivity index (χ0) is 17.0. The predicted molar refractivity (Wildman–Crippen MR) is 92.4 cm³/mol. The maximum atomic E-state index is 12.2. The summed E-state index contributed by atoms with van der Waals surface area (Å²) < 4.78 is 0. The first kappa shape index (κ1) is 16.2. The first-order valence-electron chi connectivity index (χ1n) is 8.18. The van der Waals surface area contributed by atoms with Crippen molar-refractivity contribution < 1.29 is 14.7 Å². The van der Waals surface area contributed by atoms with Crippen LogP contribution in [0.25, 0.3) is 17.0 Å². The third-order valence-corrected chi connectivity index (χ3v) is 4.56.